The maximum Gasteiger partial charge on any atom is 0.325 e. The van der Waals surface area contributed by atoms with Crippen LogP contribution >= 0.6 is 11.3 Å². The smallest absolute Gasteiger partial charge is 0.325 e. The van der Waals surface area contributed by atoms with E-state index in [4.69, 9.17) is 4.74 Å². The zero-order chi connectivity index (χ0) is 23.2. The third-order valence-electron chi connectivity index (χ3n) is 6.59. The van der Waals surface area contributed by atoms with E-state index >= 15 is 0 Å². The predicted molar refractivity (Wildman–Crippen MR) is 125 cm³/mol. The Hall–Kier alpha value is -3.39. The number of aryl methyl sites for hydroxylation is 2. The van der Waals surface area contributed by atoms with Crippen molar-refractivity contribution in [2.45, 2.75) is 38.8 Å². The van der Waals surface area contributed by atoms with E-state index in [-0.39, 0.29) is 12.3 Å². The first-order chi connectivity index (χ1) is 15.9. The number of imide groups is 1. The summed E-state index contributed by atoms with van der Waals surface area (Å²) in [5.41, 5.74) is 1.85. The third kappa shape index (κ3) is 3.54. The number of benzene rings is 1. The highest BCUT2D eigenvalue weighted by atomic mass is 32.1. The number of carbonyl (C=O) groups is 3. The lowest BCUT2D eigenvalue weighted by atomic mass is 9.84. The zero-order valence-corrected chi connectivity index (χ0v) is 19.4. The van der Waals surface area contributed by atoms with Crippen molar-refractivity contribution in [2.24, 2.45) is 0 Å². The summed E-state index contributed by atoms with van der Waals surface area (Å²) in [5, 5.41) is 4.91. The van der Waals surface area contributed by atoms with E-state index in [1.54, 1.807) is 23.5 Å². The number of para-hydroxylation sites is 1. The van der Waals surface area contributed by atoms with Gasteiger partial charge >= 0.3 is 6.03 Å². The summed E-state index contributed by atoms with van der Waals surface area (Å²) in [7, 11) is 0. The average molecular weight is 464 g/mol. The molecule has 2 aliphatic heterocycles. The van der Waals surface area contributed by atoms with Crippen LogP contribution in [0.15, 0.2) is 47.8 Å². The molecule has 2 aromatic heterocycles. The van der Waals surface area contributed by atoms with Crippen LogP contribution in [0.5, 0.6) is 5.75 Å². The van der Waals surface area contributed by atoms with Crippen LogP contribution in [0.1, 0.15) is 38.6 Å². The molecule has 1 atom stereocenters. The molecular formula is C25H25N3O4S. The van der Waals surface area contributed by atoms with Crippen molar-refractivity contribution in [1.29, 1.82) is 0 Å². The molecule has 1 aromatic carbocycles. The molecule has 2 aliphatic rings. The number of fused-ring (bicyclic) bond motifs is 2. The molecule has 0 unspecified atom stereocenters. The topological polar surface area (TPSA) is 80.6 Å². The van der Waals surface area contributed by atoms with Gasteiger partial charge in [-0.15, -0.1) is 11.3 Å². The number of thiophene rings is 1. The number of nitrogens with zero attached hydrogens (tertiary/aromatic N) is 2. The summed E-state index contributed by atoms with van der Waals surface area (Å²) >= 11 is 1.72. The molecule has 7 nitrogen and oxygen atoms in total. The van der Waals surface area contributed by atoms with Crippen molar-refractivity contribution in [3.63, 3.8) is 0 Å². The summed E-state index contributed by atoms with van der Waals surface area (Å²) in [6, 6.07) is 12.7. The van der Waals surface area contributed by atoms with E-state index in [0.717, 1.165) is 29.3 Å². The largest absolute Gasteiger partial charge is 0.493 e. The van der Waals surface area contributed by atoms with Crippen molar-refractivity contribution in [1.82, 2.24) is 14.8 Å². The molecule has 1 N–H and O–H groups in total. The maximum atomic E-state index is 13.4. The summed E-state index contributed by atoms with van der Waals surface area (Å²) in [6.45, 7) is 4.69. The van der Waals surface area contributed by atoms with Crippen molar-refractivity contribution < 1.29 is 19.1 Å². The molecule has 33 heavy (non-hydrogen) atoms. The monoisotopic (exact) mass is 463 g/mol. The molecule has 3 aromatic rings. The van der Waals surface area contributed by atoms with Crippen molar-refractivity contribution in [3.8, 4) is 5.75 Å². The number of ketones is 1. The molecule has 170 valence electrons. The first-order valence-electron chi connectivity index (χ1n) is 11.0. The second kappa shape index (κ2) is 8.19. The lowest BCUT2D eigenvalue weighted by Gasteiger charge is -2.33. The van der Waals surface area contributed by atoms with E-state index < -0.39 is 17.5 Å². The highest BCUT2D eigenvalue weighted by molar-refractivity contribution is 7.09. The second-order valence-electron chi connectivity index (χ2n) is 8.51. The molecule has 0 bridgehead atoms. The van der Waals surface area contributed by atoms with Crippen LogP contribution in [0.25, 0.3) is 0 Å². The van der Waals surface area contributed by atoms with Gasteiger partial charge in [-0.25, -0.2) is 4.79 Å². The van der Waals surface area contributed by atoms with Gasteiger partial charge in [0.15, 0.2) is 11.3 Å². The lowest BCUT2D eigenvalue weighted by molar-refractivity contribution is -0.132. The van der Waals surface area contributed by atoms with Crippen molar-refractivity contribution in [3.05, 3.63) is 75.2 Å². The molecule has 1 saturated heterocycles. The molecule has 1 fully saturated rings. The van der Waals surface area contributed by atoms with Gasteiger partial charge in [0, 0.05) is 40.4 Å². The summed E-state index contributed by atoms with van der Waals surface area (Å²) in [5.74, 6) is -0.0608. The Labute approximate surface area is 196 Å². The minimum absolute atomic E-state index is 0.244. The first-order valence-corrected chi connectivity index (χ1v) is 11.9. The molecule has 0 saturated carbocycles. The number of nitrogens with one attached hydrogen (secondary N) is 1. The van der Waals surface area contributed by atoms with Crippen LogP contribution in [-0.2, 0) is 23.3 Å². The van der Waals surface area contributed by atoms with E-state index in [1.165, 1.54) is 4.88 Å². The van der Waals surface area contributed by atoms with Crippen LogP contribution in [0.2, 0.25) is 0 Å². The van der Waals surface area contributed by atoms with Gasteiger partial charge in [-0.2, -0.15) is 0 Å². The number of hydrogen-bond acceptors (Lipinski definition) is 5. The number of Topliss-reactive ketones (excluding diaryl/α,β-unsaturated/α-hetero) is 1. The Bertz CT molecular complexity index is 1250. The number of aromatic nitrogens is 1. The first kappa shape index (κ1) is 21.5. The molecule has 0 radical (unpaired) electrons. The zero-order valence-electron chi connectivity index (χ0n) is 18.6. The molecule has 3 amide bonds. The second-order valence-corrected chi connectivity index (χ2v) is 9.54. The number of carbonyl (C=O) groups excluding carboxylic acids is 3. The van der Waals surface area contributed by atoms with Gasteiger partial charge in [0.2, 0.25) is 0 Å². The normalized spacial score (nSPS) is 19.5. The Kier molecular flexibility index (Phi) is 5.32. The van der Waals surface area contributed by atoms with E-state index in [1.807, 2.05) is 38.1 Å². The molecule has 5 rings (SSSR count). The lowest BCUT2D eigenvalue weighted by Crippen LogP contribution is -2.47. The fourth-order valence-corrected chi connectivity index (χ4v) is 5.55. The number of rotatable bonds is 6. The SMILES string of the molecule is Cc1cc(C(=O)CN2C(=O)N[C@]3(CCOc4ccccc43)C2=O)c(C)n1CCc1cccs1. The number of amides is 3. The minimum Gasteiger partial charge on any atom is -0.493 e. The van der Waals surface area contributed by atoms with Crippen LogP contribution in [-0.4, -0.2) is 40.3 Å². The fraction of sp³-hybridized carbons (Fsp3) is 0.320. The number of ether oxygens (including phenoxy) is 1. The van der Waals surface area contributed by atoms with Crippen molar-refractivity contribution >= 4 is 29.1 Å². The Morgan fingerprint density at radius 2 is 2.00 bits per heavy atom. The Morgan fingerprint density at radius 1 is 1.18 bits per heavy atom. The summed E-state index contributed by atoms with van der Waals surface area (Å²) < 4.78 is 7.79. The molecule has 1 spiro atoms. The third-order valence-corrected chi connectivity index (χ3v) is 7.53. The van der Waals surface area contributed by atoms with Crippen LogP contribution in [0, 0.1) is 13.8 Å². The van der Waals surface area contributed by atoms with Crippen LogP contribution in [0.3, 0.4) is 0 Å². The minimum atomic E-state index is -1.18. The van der Waals surface area contributed by atoms with E-state index in [2.05, 4.69) is 21.3 Å². The summed E-state index contributed by atoms with van der Waals surface area (Å²) in [6.07, 6.45) is 1.22. The number of urea groups is 1. The highest BCUT2D eigenvalue weighted by Crippen LogP contribution is 2.41. The maximum absolute atomic E-state index is 13.4. The van der Waals surface area contributed by atoms with Gasteiger partial charge < -0.3 is 14.6 Å². The fourth-order valence-electron chi connectivity index (χ4n) is 4.85. The Morgan fingerprint density at radius 3 is 2.79 bits per heavy atom. The summed E-state index contributed by atoms with van der Waals surface area (Å²) in [4.78, 5) is 41.8. The molecular weight excluding hydrogens is 438 g/mol. The van der Waals surface area contributed by atoms with Gasteiger partial charge in [0.05, 0.1) is 13.2 Å². The highest BCUT2D eigenvalue weighted by Gasteiger charge is 2.55. The standard InChI is InChI=1S/C25H25N3O4S/c1-16-14-19(17(2)27(16)11-9-18-6-5-13-33-18)21(29)15-28-23(30)25(26-24(28)31)10-12-32-22-8-4-3-7-20(22)25/h3-8,13-14H,9-12,15H2,1-2H3,(H,26,31)/t25-/m0/s1. The van der Waals surface area contributed by atoms with Gasteiger partial charge in [-0.05, 0) is 43.8 Å². The average Bonchev–Trinajstić information content (AvgIpc) is 3.48. The molecule has 4 heterocycles. The van der Waals surface area contributed by atoms with E-state index in [0.29, 0.717) is 29.9 Å². The van der Waals surface area contributed by atoms with Gasteiger partial charge in [-0.3, -0.25) is 14.5 Å². The quantitative estimate of drug-likeness (QED) is 0.445. The molecule has 8 heteroatoms. The van der Waals surface area contributed by atoms with Crippen LogP contribution in [0.4, 0.5) is 4.79 Å². The Balaban J connectivity index is 1.36. The predicted octanol–water partition coefficient (Wildman–Crippen LogP) is 3.82. The van der Waals surface area contributed by atoms with Gasteiger partial charge in [0.1, 0.15) is 5.75 Å². The number of hydrogen-bond donors (Lipinski definition) is 1. The van der Waals surface area contributed by atoms with Gasteiger partial charge in [-0.1, -0.05) is 24.3 Å². The van der Waals surface area contributed by atoms with Crippen molar-refractivity contribution in [2.75, 3.05) is 13.2 Å². The molecule has 0 aliphatic carbocycles. The van der Waals surface area contributed by atoms with Crippen LogP contribution < -0.4 is 10.1 Å². The van der Waals surface area contributed by atoms with E-state index in [9.17, 15) is 14.4 Å². The van der Waals surface area contributed by atoms with Gasteiger partial charge in [0.25, 0.3) is 5.91 Å².